The second kappa shape index (κ2) is 9.70. The summed E-state index contributed by atoms with van der Waals surface area (Å²) in [6, 6.07) is 6.05. The molecule has 0 atom stereocenters. The van der Waals surface area contributed by atoms with E-state index >= 15 is 0 Å². The molecule has 3 N–H and O–H groups in total. The zero-order chi connectivity index (χ0) is 15.9. The van der Waals surface area contributed by atoms with Gasteiger partial charge in [-0.2, -0.15) is 0 Å². The van der Waals surface area contributed by atoms with Crippen molar-refractivity contribution in [2.45, 2.75) is 52.5 Å². The summed E-state index contributed by atoms with van der Waals surface area (Å²) in [6.45, 7) is 9.04. The van der Waals surface area contributed by atoms with Crippen LogP contribution in [0, 0.1) is 13.8 Å². The second-order valence-corrected chi connectivity index (χ2v) is 5.77. The number of amides is 1. The van der Waals surface area contributed by atoms with Crippen LogP contribution >= 0.6 is 12.4 Å². The minimum Gasteiger partial charge on any atom is -0.493 e. The normalized spacial score (nSPS) is 10.8. The van der Waals surface area contributed by atoms with Crippen molar-refractivity contribution < 1.29 is 9.53 Å². The highest BCUT2D eigenvalue weighted by Gasteiger charge is 2.20. The van der Waals surface area contributed by atoms with Crippen LogP contribution in [-0.4, -0.2) is 24.6 Å². The van der Waals surface area contributed by atoms with Crippen molar-refractivity contribution in [3.63, 3.8) is 0 Å². The number of carbonyl (C=O) groups is 1. The van der Waals surface area contributed by atoms with E-state index < -0.39 is 0 Å². The molecule has 1 rings (SSSR count). The van der Waals surface area contributed by atoms with E-state index in [0.29, 0.717) is 19.6 Å². The van der Waals surface area contributed by atoms with Gasteiger partial charge >= 0.3 is 0 Å². The van der Waals surface area contributed by atoms with E-state index in [1.807, 2.05) is 39.8 Å². The van der Waals surface area contributed by atoms with Gasteiger partial charge in [-0.1, -0.05) is 19.9 Å². The smallest absolute Gasteiger partial charge is 0.223 e. The monoisotopic (exact) mass is 328 g/mol. The molecule has 0 aromatic heterocycles. The third kappa shape index (κ3) is 7.14. The summed E-state index contributed by atoms with van der Waals surface area (Å²) in [5.74, 6) is 0.798. The Morgan fingerprint density at radius 1 is 1.18 bits per heavy atom. The van der Waals surface area contributed by atoms with Crippen molar-refractivity contribution in [1.82, 2.24) is 5.32 Å². The Morgan fingerprint density at radius 3 is 2.23 bits per heavy atom. The van der Waals surface area contributed by atoms with Gasteiger partial charge in [-0.3, -0.25) is 4.79 Å². The Morgan fingerprint density at radius 2 is 1.73 bits per heavy atom. The fourth-order valence-corrected chi connectivity index (χ4v) is 2.14. The molecule has 5 heteroatoms. The second-order valence-electron chi connectivity index (χ2n) is 5.77. The minimum absolute atomic E-state index is 0. The van der Waals surface area contributed by atoms with Crippen molar-refractivity contribution in [2.24, 2.45) is 5.73 Å². The summed E-state index contributed by atoms with van der Waals surface area (Å²) in [5.41, 5.74) is 8.17. The van der Waals surface area contributed by atoms with Gasteiger partial charge in [0.05, 0.1) is 13.0 Å². The highest BCUT2D eigenvalue weighted by molar-refractivity contribution is 5.85. The molecule has 0 aliphatic carbocycles. The number of rotatable bonds is 8. The van der Waals surface area contributed by atoms with Crippen molar-refractivity contribution in [3.05, 3.63) is 29.3 Å². The summed E-state index contributed by atoms with van der Waals surface area (Å²) in [6.07, 6.45) is 2.04. The molecule has 0 bridgehead atoms. The van der Waals surface area contributed by atoms with Gasteiger partial charge in [0.15, 0.2) is 0 Å². The molecule has 0 saturated carbocycles. The molecule has 4 nitrogen and oxygen atoms in total. The summed E-state index contributed by atoms with van der Waals surface area (Å²) < 4.78 is 5.63. The van der Waals surface area contributed by atoms with Gasteiger partial charge in [0.1, 0.15) is 5.75 Å². The SMILES string of the molecule is CCC(N)(CC)CNC(=O)CCOc1cc(C)cc(C)c1.Cl. The van der Waals surface area contributed by atoms with Crippen LogP contribution in [0.4, 0.5) is 0 Å². The molecule has 0 heterocycles. The number of nitrogens with one attached hydrogen (secondary N) is 1. The molecule has 1 aromatic carbocycles. The van der Waals surface area contributed by atoms with Crippen molar-refractivity contribution in [3.8, 4) is 5.75 Å². The zero-order valence-electron chi connectivity index (χ0n) is 14.1. The number of benzene rings is 1. The zero-order valence-corrected chi connectivity index (χ0v) is 14.9. The molecule has 0 unspecified atom stereocenters. The summed E-state index contributed by atoms with van der Waals surface area (Å²) in [4.78, 5) is 11.8. The first-order valence-electron chi connectivity index (χ1n) is 7.65. The number of aryl methyl sites for hydroxylation is 2. The topological polar surface area (TPSA) is 64.3 Å². The summed E-state index contributed by atoms with van der Waals surface area (Å²) in [7, 11) is 0. The molecule has 0 saturated heterocycles. The van der Waals surface area contributed by atoms with Crippen LogP contribution in [0.15, 0.2) is 18.2 Å². The van der Waals surface area contributed by atoms with E-state index in [1.165, 1.54) is 0 Å². The Kier molecular flexibility index (Phi) is 9.14. The Labute approximate surface area is 140 Å². The Hall–Kier alpha value is -1.26. The average molecular weight is 329 g/mol. The van der Waals surface area contributed by atoms with Gasteiger partial charge < -0.3 is 15.8 Å². The van der Waals surface area contributed by atoms with Crippen LogP contribution in [0.25, 0.3) is 0 Å². The van der Waals surface area contributed by atoms with E-state index in [-0.39, 0.29) is 23.9 Å². The lowest BCUT2D eigenvalue weighted by Gasteiger charge is -2.26. The van der Waals surface area contributed by atoms with E-state index in [2.05, 4.69) is 11.4 Å². The number of carbonyl (C=O) groups excluding carboxylic acids is 1. The Balaban J connectivity index is 0.00000441. The third-order valence-corrected chi connectivity index (χ3v) is 3.84. The standard InChI is InChI=1S/C17H28N2O2.ClH/c1-5-17(18,6-2)12-19-16(20)7-8-21-15-10-13(3)9-14(4)11-15;/h9-11H,5-8,12,18H2,1-4H3,(H,19,20);1H. The van der Waals surface area contributed by atoms with Crippen molar-refractivity contribution in [1.29, 1.82) is 0 Å². The Bertz CT molecular complexity index is 453. The first-order valence-corrected chi connectivity index (χ1v) is 7.65. The average Bonchev–Trinajstić information content (AvgIpc) is 2.44. The maximum absolute atomic E-state index is 11.8. The van der Waals surface area contributed by atoms with Gasteiger partial charge in [0, 0.05) is 12.1 Å². The van der Waals surface area contributed by atoms with Crippen LogP contribution in [0.2, 0.25) is 0 Å². The molecular formula is C17H29ClN2O2. The largest absolute Gasteiger partial charge is 0.493 e. The first kappa shape index (κ1) is 20.7. The molecule has 0 radical (unpaired) electrons. The fraction of sp³-hybridized carbons (Fsp3) is 0.588. The van der Waals surface area contributed by atoms with Crippen LogP contribution < -0.4 is 15.8 Å². The number of ether oxygens (including phenoxy) is 1. The van der Waals surface area contributed by atoms with Gasteiger partial charge in [-0.05, 0) is 49.9 Å². The lowest BCUT2D eigenvalue weighted by molar-refractivity contribution is -0.121. The maximum Gasteiger partial charge on any atom is 0.223 e. The van der Waals surface area contributed by atoms with E-state index in [9.17, 15) is 4.79 Å². The summed E-state index contributed by atoms with van der Waals surface area (Å²) >= 11 is 0. The highest BCUT2D eigenvalue weighted by Crippen LogP contribution is 2.16. The molecule has 22 heavy (non-hydrogen) atoms. The number of hydrogen-bond donors (Lipinski definition) is 2. The van der Waals surface area contributed by atoms with Crippen LogP contribution in [0.1, 0.15) is 44.2 Å². The third-order valence-electron chi connectivity index (χ3n) is 3.84. The number of halogens is 1. The first-order chi connectivity index (χ1) is 9.88. The molecule has 1 amide bonds. The minimum atomic E-state index is -0.301. The quantitative estimate of drug-likeness (QED) is 0.770. The predicted molar refractivity (Wildman–Crippen MR) is 93.8 cm³/mol. The van der Waals surface area contributed by atoms with Crippen molar-refractivity contribution >= 4 is 18.3 Å². The number of hydrogen-bond acceptors (Lipinski definition) is 3. The summed E-state index contributed by atoms with van der Waals surface area (Å²) in [5, 5.41) is 2.89. The van der Waals surface area contributed by atoms with Gasteiger partial charge in [0.25, 0.3) is 0 Å². The van der Waals surface area contributed by atoms with Gasteiger partial charge in [-0.15, -0.1) is 12.4 Å². The molecule has 0 aliphatic rings. The molecule has 0 spiro atoms. The number of nitrogens with two attached hydrogens (primary N) is 1. The molecule has 0 fully saturated rings. The highest BCUT2D eigenvalue weighted by atomic mass is 35.5. The predicted octanol–water partition coefficient (Wildman–Crippen LogP) is 3.13. The van der Waals surface area contributed by atoms with Crippen molar-refractivity contribution in [2.75, 3.05) is 13.2 Å². The van der Waals surface area contributed by atoms with Crippen LogP contribution in [-0.2, 0) is 4.79 Å². The lowest BCUT2D eigenvalue weighted by atomic mass is 9.94. The molecular weight excluding hydrogens is 300 g/mol. The molecule has 0 aliphatic heterocycles. The fourth-order valence-electron chi connectivity index (χ4n) is 2.14. The van der Waals surface area contributed by atoms with Crippen LogP contribution in [0.3, 0.4) is 0 Å². The molecule has 126 valence electrons. The molecule has 1 aromatic rings. The van der Waals surface area contributed by atoms with E-state index in [0.717, 1.165) is 29.7 Å². The van der Waals surface area contributed by atoms with Gasteiger partial charge in [0.2, 0.25) is 5.91 Å². The maximum atomic E-state index is 11.8. The van der Waals surface area contributed by atoms with E-state index in [4.69, 9.17) is 10.5 Å². The van der Waals surface area contributed by atoms with Gasteiger partial charge in [-0.25, -0.2) is 0 Å². The lowest BCUT2D eigenvalue weighted by Crippen LogP contribution is -2.49. The van der Waals surface area contributed by atoms with Crippen LogP contribution in [0.5, 0.6) is 5.75 Å². The van der Waals surface area contributed by atoms with E-state index in [1.54, 1.807) is 0 Å².